The first-order chi connectivity index (χ1) is 12.0. The topological polar surface area (TPSA) is 133 Å². The van der Waals surface area contributed by atoms with Crippen molar-refractivity contribution in [3.63, 3.8) is 0 Å². The molecule has 1 fully saturated rings. The number of carboxylic acids is 1. The maximum Gasteiger partial charge on any atom is 0.352 e. The first kappa shape index (κ1) is 17.5. The number of carbonyl (C=O) groups is 3. The van der Waals surface area contributed by atoms with E-state index >= 15 is 0 Å². The summed E-state index contributed by atoms with van der Waals surface area (Å²) in [7, 11) is 0. The Kier molecular flexibility index (Phi) is 4.80. The second-order valence-corrected chi connectivity index (χ2v) is 6.80. The number of carbonyl (C=O) groups excluding carboxylic acids is 2. The molecule has 2 amide bonds. The Morgan fingerprint density at radius 3 is 2.64 bits per heavy atom. The van der Waals surface area contributed by atoms with E-state index in [2.05, 4.69) is 5.32 Å². The molecule has 9 heteroatoms. The number of hydrogen-bond donors (Lipinski definition) is 4. The number of thioether (sulfide) groups is 1. The predicted molar refractivity (Wildman–Crippen MR) is 90.1 cm³/mol. The highest BCUT2D eigenvalue weighted by Gasteiger charge is 2.54. The van der Waals surface area contributed by atoms with Gasteiger partial charge in [0.25, 0.3) is 5.91 Å². The summed E-state index contributed by atoms with van der Waals surface area (Å²) in [4.78, 5) is 37.2. The van der Waals surface area contributed by atoms with Gasteiger partial charge in [-0.25, -0.2) is 4.79 Å². The van der Waals surface area contributed by atoms with Crippen LogP contribution in [0.25, 0.3) is 0 Å². The molecule has 5 N–H and O–H groups in total. The van der Waals surface area contributed by atoms with Gasteiger partial charge < -0.3 is 21.3 Å². The summed E-state index contributed by atoms with van der Waals surface area (Å²) in [6.45, 7) is -0.430. The van der Waals surface area contributed by atoms with Crippen LogP contribution in [-0.2, 0) is 14.4 Å². The smallest absolute Gasteiger partial charge is 0.352 e. The number of carboxylic acid groups (broad SMARTS) is 1. The van der Waals surface area contributed by atoms with Crippen LogP contribution in [0.5, 0.6) is 0 Å². The van der Waals surface area contributed by atoms with Crippen LogP contribution in [0.4, 0.5) is 0 Å². The molecule has 132 valence electrons. The molecule has 2 aliphatic heterocycles. The van der Waals surface area contributed by atoms with Crippen LogP contribution in [-0.4, -0.2) is 56.7 Å². The SMILES string of the molecule is N[C@H](C(=O)N[C@@H]1C(=O)N2C(C(=O)O)=C(CO)CS[C@H]12)c1ccccc1. The molecular formula is C16H17N3O5S. The number of aliphatic carboxylic acids is 1. The second kappa shape index (κ2) is 6.87. The molecule has 0 aromatic heterocycles. The van der Waals surface area contributed by atoms with Crippen molar-refractivity contribution in [2.75, 3.05) is 12.4 Å². The van der Waals surface area contributed by atoms with Gasteiger partial charge in [-0.1, -0.05) is 30.3 Å². The Morgan fingerprint density at radius 1 is 1.36 bits per heavy atom. The number of fused-ring (bicyclic) bond motifs is 1. The zero-order chi connectivity index (χ0) is 18.1. The molecule has 0 radical (unpaired) electrons. The normalized spacial score (nSPS) is 23.6. The number of nitrogens with two attached hydrogens (primary N) is 1. The summed E-state index contributed by atoms with van der Waals surface area (Å²) in [6.07, 6.45) is 0. The van der Waals surface area contributed by atoms with E-state index in [0.29, 0.717) is 5.56 Å². The molecule has 8 nitrogen and oxygen atoms in total. The minimum absolute atomic E-state index is 0.200. The van der Waals surface area contributed by atoms with Crippen LogP contribution in [0.2, 0.25) is 0 Å². The lowest BCUT2D eigenvalue weighted by molar-refractivity contribution is -0.151. The fourth-order valence-electron chi connectivity index (χ4n) is 2.86. The minimum atomic E-state index is -1.27. The van der Waals surface area contributed by atoms with Crippen LogP contribution in [0.1, 0.15) is 11.6 Å². The van der Waals surface area contributed by atoms with E-state index in [-0.39, 0.29) is 17.0 Å². The first-order valence-corrected chi connectivity index (χ1v) is 8.62. The minimum Gasteiger partial charge on any atom is -0.477 e. The van der Waals surface area contributed by atoms with E-state index in [9.17, 15) is 24.6 Å². The highest BCUT2D eigenvalue weighted by Crippen LogP contribution is 2.40. The number of nitrogens with zero attached hydrogens (tertiary/aromatic N) is 1. The number of benzene rings is 1. The second-order valence-electron chi connectivity index (χ2n) is 5.70. The van der Waals surface area contributed by atoms with Gasteiger partial charge in [-0.05, 0) is 11.1 Å². The number of β-lactam (4-membered cyclic amide) rings is 1. The molecule has 0 spiro atoms. The quantitative estimate of drug-likeness (QED) is 0.514. The van der Waals surface area contributed by atoms with E-state index in [1.807, 2.05) is 0 Å². The maximum atomic E-state index is 12.3. The van der Waals surface area contributed by atoms with Crippen molar-refractivity contribution in [3.8, 4) is 0 Å². The van der Waals surface area contributed by atoms with Crippen LogP contribution in [0, 0.1) is 0 Å². The average Bonchev–Trinajstić information content (AvgIpc) is 2.64. The standard InChI is InChI=1S/C16H17N3O5S/c17-10(8-4-2-1-3-5-8)13(21)18-11-14(22)19-12(16(23)24)9(6-20)7-25-15(11)19/h1-5,10-11,15,20H,6-7,17H2,(H,18,21)(H,23,24)/t10-,11+,15+/m0/s1. The molecule has 0 saturated carbocycles. The van der Waals surface area contributed by atoms with Gasteiger partial charge in [-0.15, -0.1) is 11.8 Å². The summed E-state index contributed by atoms with van der Waals surface area (Å²) in [6, 6.07) is 7.01. The molecule has 1 aromatic rings. The zero-order valence-electron chi connectivity index (χ0n) is 13.1. The van der Waals surface area contributed by atoms with Crippen molar-refractivity contribution in [2.24, 2.45) is 5.73 Å². The lowest BCUT2D eigenvalue weighted by Gasteiger charge is -2.49. The summed E-state index contributed by atoms with van der Waals surface area (Å²) >= 11 is 1.30. The summed E-state index contributed by atoms with van der Waals surface area (Å²) in [5.74, 6) is -2.01. The molecule has 25 heavy (non-hydrogen) atoms. The van der Waals surface area contributed by atoms with Gasteiger partial charge in [0.15, 0.2) is 0 Å². The fraction of sp³-hybridized carbons (Fsp3) is 0.312. The third-order valence-corrected chi connectivity index (χ3v) is 5.52. The molecular weight excluding hydrogens is 346 g/mol. The van der Waals surface area contributed by atoms with Gasteiger partial charge in [0.2, 0.25) is 5.91 Å². The number of aliphatic hydroxyl groups is 1. The van der Waals surface area contributed by atoms with Crippen molar-refractivity contribution in [2.45, 2.75) is 17.5 Å². The van der Waals surface area contributed by atoms with Crippen molar-refractivity contribution in [1.82, 2.24) is 10.2 Å². The average molecular weight is 363 g/mol. The highest BCUT2D eigenvalue weighted by molar-refractivity contribution is 8.00. The molecule has 0 bridgehead atoms. The predicted octanol–water partition coefficient (Wildman–Crippen LogP) is -0.583. The summed E-state index contributed by atoms with van der Waals surface area (Å²) < 4.78 is 0. The van der Waals surface area contributed by atoms with Gasteiger partial charge in [-0.2, -0.15) is 0 Å². The van der Waals surface area contributed by atoms with Crippen molar-refractivity contribution < 1.29 is 24.6 Å². The van der Waals surface area contributed by atoms with Crippen molar-refractivity contribution in [3.05, 3.63) is 47.2 Å². The third-order valence-electron chi connectivity index (χ3n) is 4.18. The first-order valence-electron chi connectivity index (χ1n) is 7.57. The largest absolute Gasteiger partial charge is 0.477 e. The summed E-state index contributed by atoms with van der Waals surface area (Å²) in [5, 5.41) is 20.7. The molecule has 2 heterocycles. The molecule has 2 aliphatic rings. The number of aliphatic hydroxyl groups excluding tert-OH is 1. The lowest BCUT2D eigenvalue weighted by atomic mass is 10.0. The van der Waals surface area contributed by atoms with Crippen LogP contribution in [0.3, 0.4) is 0 Å². The zero-order valence-corrected chi connectivity index (χ0v) is 13.9. The molecule has 1 aromatic carbocycles. The Balaban J connectivity index is 1.73. The number of hydrogen-bond acceptors (Lipinski definition) is 6. The van der Waals surface area contributed by atoms with Crippen LogP contribution < -0.4 is 11.1 Å². The third kappa shape index (κ3) is 3.01. The van der Waals surface area contributed by atoms with Gasteiger partial charge in [0, 0.05) is 5.75 Å². The molecule has 0 unspecified atom stereocenters. The molecule has 3 atom stereocenters. The van der Waals surface area contributed by atoms with Gasteiger partial charge in [0.1, 0.15) is 23.2 Å². The monoisotopic (exact) mass is 363 g/mol. The number of nitrogens with one attached hydrogen (secondary N) is 1. The van der Waals surface area contributed by atoms with E-state index in [0.717, 1.165) is 4.90 Å². The maximum absolute atomic E-state index is 12.3. The van der Waals surface area contributed by atoms with Crippen LogP contribution in [0.15, 0.2) is 41.6 Å². The summed E-state index contributed by atoms with van der Waals surface area (Å²) in [5.41, 5.74) is 6.62. The molecule has 3 rings (SSSR count). The van der Waals surface area contributed by atoms with Gasteiger partial charge in [0.05, 0.1) is 6.61 Å². The Bertz CT molecular complexity index is 751. The molecule has 1 saturated heterocycles. The Labute approximate surface area is 147 Å². The molecule has 0 aliphatic carbocycles. The number of amides is 2. The van der Waals surface area contributed by atoms with Gasteiger partial charge >= 0.3 is 5.97 Å². The Morgan fingerprint density at radius 2 is 2.04 bits per heavy atom. The van der Waals surface area contributed by atoms with Crippen molar-refractivity contribution >= 4 is 29.5 Å². The van der Waals surface area contributed by atoms with E-state index in [4.69, 9.17) is 5.73 Å². The van der Waals surface area contributed by atoms with Crippen molar-refractivity contribution in [1.29, 1.82) is 0 Å². The van der Waals surface area contributed by atoms with E-state index in [1.54, 1.807) is 30.3 Å². The fourth-order valence-corrected chi connectivity index (χ4v) is 4.19. The number of rotatable bonds is 5. The van der Waals surface area contributed by atoms with E-state index in [1.165, 1.54) is 11.8 Å². The lowest BCUT2D eigenvalue weighted by Crippen LogP contribution is -2.71. The van der Waals surface area contributed by atoms with Crippen LogP contribution >= 0.6 is 11.8 Å². The highest BCUT2D eigenvalue weighted by atomic mass is 32.2. The van der Waals surface area contributed by atoms with E-state index < -0.39 is 41.8 Å². The Hall–Kier alpha value is -2.36. The van der Waals surface area contributed by atoms with Gasteiger partial charge in [-0.3, -0.25) is 14.5 Å².